The van der Waals surface area contributed by atoms with E-state index in [1.54, 1.807) is 18.2 Å². The predicted octanol–water partition coefficient (Wildman–Crippen LogP) is 4.75. The minimum Gasteiger partial charge on any atom is -0.355 e. The summed E-state index contributed by atoms with van der Waals surface area (Å²) in [5.74, 6) is -0.188. The van der Waals surface area contributed by atoms with E-state index in [1.165, 1.54) is 0 Å². The highest BCUT2D eigenvalue weighted by Gasteiger charge is 2.11. The Labute approximate surface area is 146 Å². The van der Waals surface area contributed by atoms with Gasteiger partial charge in [-0.1, -0.05) is 42.5 Å². The number of anilines is 3. The summed E-state index contributed by atoms with van der Waals surface area (Å²) in [5, 5.41) is 14.9. The maximum Gasteiger partial charge on any atom is 0.257 e. The Hall–Kier alpha value is -3.58. The molecule has 0 spiro atoms. The molecule has 25 heavy (non-hydrogen) atoms. The molecule has 0 aliphatic rings. The Morgan fingerprint density at radius 3 is 2.24 bits per heavy atom. The standard InChI is InChI=1S/C21H17N3O/c22-15-14-16-10-12-18(13-11-16)24-21(25)19-8-4-5-9-20(19)23-17-6-2-1-3-7-17/h1-13,23H,14H2,(H,24,25). The molecule has 0 fully saturated rings. The first kappa shape index (κ1) is 16.3. The summed E-state index contributed by atoms with van der Waals surface area (Å²) in [6.45, 7) is 0. The predicted molar refractivity (Wildman–Crippen MR) is 99.9 cm³/mol. The maximum atomic E-state index is 12.6. The first-order chi connectivity index (χ1) is 12.3. The van der Waals surface area contributed by atoms with Gasteiger partial charge < -0.3 is 10.6 Å². The highest BCUT2D eigenvalue weighted by molar-refractivity contribution is 6.08. The van der Waals surface area contributed by atoms with Crippen LogP contribution in [0.2, 0.25) is 0 Å². The molecule has 0 radical (unpaired) electrons. The molecule has 0 saturated heterocycles. The van der Waals surface area contributed by atoms with Crippen LogP contribution in [-0.4, -0.2) is 5.91 Å². The van der Waals surface area contributed by atoms with Crippen LogP contribution in [0.3, 0.4) is 0 Å². The van der Waals surface area contributed by atoms with E-state index in [2.05, 4.69) is 16.7 Å². The van der Waals surface area contributed by atoms with E-state index in [-0.39, 0.29) is 5.91 Å². The quantitative estimate of drug-likeness (QED) is 0.711. The summed E-state index contributed by atoms with van der Waals surface area (Å²) in [5.41, 5.74) is 3.84. The molecule has 122 valence electrons. The van der Waals surface area contributed by atoms with Gasteiger partial charge in [-0.05, 0) is 42.0 Å². The van der Waals surface area contributed by atoms with Crippen LogP contribution in [0.25, 0.3) is 0 Å². The molecular weight excluding hydrogens is 310 g/mol. The number of carbonyl (C=O) groups is 1. The van der Waals surface area contributed by atoms with Crippen molar-refractivity contribution in [2.45, 2.75) is 6.42 Å². The topological polar surface area (TPSA) is 64.9 Å². The smallest absolute Gasteiger partial charge is 0.257 e. The van der Waals surface area contributed by atoms with Crippen LogP contribution < -0.4 is 10.6 Å². The number of carbonyl (C=O) groups excluding carboxylic acids is 1. The molecule has 3 aromatic carbocycles. The Balaban J connectivity index is 1.77. The average Bonchev–Trinajstić information content (AvgIpc) is 2.65. The minimum absolute atomic E-state index is 0.188. The zero-order valence-corrected chi connectivity index (χ0v) is 13.6. The van der Waals surface area contributed by atoms with Crippen LogP contribution in [-0.2, 0) is 6.42 Å². The summed E-state index contributed by atoms with van der Waals surface area (Å²) < 4.78 is 0. The first-order valence-electron chi connectivity index (χ1n) is 7.94. The zero-order valence-electron chi connectivity index (χ0n) is 13.6. The number of hydrogen-bond acceptors (Lipinski definition) is 3. The fraction of sp³-hybridized carbons (Fsp3) is 0.0476. The van der Waals surface area contributed by atoms with Gasteiger partial charge in [0, 0.05) is 11.4 Å². The fourth-order valence-corrected chi connectivity index (χ4v) is 2.46. The molecule has 0 aromatic heterocycles. The SMILES string of the molecule is N#CCc1ccc(NC(=O)c2ccccc2Nc2ccccc2)cc1. The Morgan fingerprint density at radius 1 is 0.840 bits per heavy atom. The molecule has 1 amide bonds. The van der Waals surface area contributed by atoms with Gasteiger partial charge in [-0.15, -0.1) is 0 Å². The summed E-state index contributed by atoms with van der Waals surface area (Å²) >= 11 is 0. The third-order valence-corrected chi connectivity index (χ3v) is 3.72. The molecular formula is C21H17N3O. The summed E-state index contributed by atoms with van der Waals surface area (Å²) in [7, 11) is 0. The molecule has 0 saturated carbocycles. The second-order valence-electron chi connectivity index (χ2n) is 5.52. The van der Waals surface area contributed by atoms with Gasteiger partial charge in [0.1, 0.15) is 0 Å². The van der Waals surface area contributed by atoms with E-state index < -0.39 is 0 Å². The number of rotatable bonds is 5. The monoisotopic (exact) mass is 327 g/mol. The third-order valence-electron chi connectivity index (χ3n) is 3.72. The molecule has 0 heterocycles. The average molecular weight is 327 g/mol. The molecule has 0 aliphatic heterocycles. The van der Waals surface area contributed by atoms with E-state index in [9.17, 15) is 4.79 Å². The van der Waals surface area contributed by atoms with Gasteiger partial charge in [0.15, 0.2) is 0 Å². The van der Waals surface area contributed by atoms with E-state index in [0.717, 1.165) is 16.9 Å². The van der Waals surface area contributed by atoms with E-state index in [0.29, 0.717) is 17.7 Å². The molecule has 4 nitrogen and oxygen atoms in total. The van der Waals surface area contributed by atoms with E-state index >= 15 is 0 Å². The van der Waals surface area contributed by atoms with Gasteiger partial charge in [0.25, 0.3) is 5.91 Å². The lowest BCUT2D eigenvalue weighted by molar-refractivity contribution is 0.102. The van der Waals surface area contributed by atoms with Crippen molar-refractivity contribution < 1.29 is 4.79 Å². The fourth-order valence-electron chi connectivity index (χ4n) is 2.46. The summed E-state index contributed by atoms with van der Waals surface area (Å²) in [6, 6.07) is 26.5. The highest BCUT2D eigenvalue weighted by atomic mass is 16.1. The number of para-hydroxylation sites is 2. The van der Waals surface area contributed by atoms with Crippen molar-refractivity contribution in [3.63, 3.8) is 0 Å². The molecule has 0 atom stereocenters. The van der Waals surface area contributed by atoms with Crippen LogP contribution in [0.15, 0.2) is 78.9 Å². The van der Waals surface area contributed by atoms with Gasteiger partial charge in [0.2, 0.25) is 0 Å². The van der Waals surface area contributed by atoms with E-state index in [4.69, 9.17) is 5.26 Å². The normalized spacial score (nSPS) is 9.88. The van der Waals surface area contributed by atoms with Gasteiger partial charge in [-0.25, -0.2) is 0 Å². The Kier molecular flexibility index (Phi) is 5.08. The summed E-state index contributed by atoms with van der Waals surface area (Å²) in [4.78, 5) is 12.6. The first-order valence-corrected chi connectivity index (χ1v) is 7.94. The van der Waals surface area contributed by atoms with Crippen molar-refractivity contribution in [1.82, 2.24) is 0 Å². The number of benzene rings is 3. The molecule has 0 bridgehead atoms. The number of hydrogen-bond donors (Lipinski definition) is 2. The molecule has 0 aliphatic carbocycles. The van der Waals surface area contributed by atoms with Crippen LogP contribution in [0.1, 0.15) is 15.9 Å². The second kappa shape index (κ2) is 7.80. The van der Waals surface area contributed by atoms with Crippen molar-refractivity contribution in [3.05, 3.63) is 90.0 Å². The Morgan fingerprint density at radius 2 is 1.52 bits per heavy atom. The third kappa shape index (κ3) is 4.24. The van der Waals surface area contributed by atoms with Crippen molar-refractivity contribution in [1.29, 1.82) is 5.26 Å². The second-order valence-corrected chi connectivity index (χ2v) is 5.52. The van der Waals surface area contributed by atoms with Crippen molar-refractivity contribution in [2.24, 2.45) is 0 Å². The molecule has 4 heteroatoms. The minimum atomic E-state index is -0.188. The largest absolute Gasteiger partial charge is 0.355 e. The lowest BCUT2D eigenvalue weighted by Crippen LogP contribution is -2.13. The maximum absolute atomic E-state index is 12.6. The number of nitrogens with one attached hydrogen (secondary N) is 2. The molecule has 3 rings (SSSR count). The van der Waals surface area contributed by atoms with Gasteiger partial charge in [-0.2, -0.15) is 5.26 Å². The molecule has 3 aromatic rings. The van der Waals surface area contributed by atoms with Crippen LogP contribution in [0.4, 0.5) is 17.1 Å². The van der Waals surface area contributed by atoms with Crippen molar-refractivity contribution >= 4 is 23.0 Å². The van der Waals surface area contributed by atoms with Gasteiger partial charge >= 0.3 is 0 Å². The summed E-state index contributed by atoms with van der Waals surface area (Å²) in [6.07, 6.45) is 0.359. The number of nitriles is 1. The highest BCUT2D eigenvalue weighted by Crippen LogP contribution is 2.22. The van der Waals surface area contributed by atoms with Gasteiger partial charge in [0.05, 0.1) is 23.7 Å². The van der Waals surface area contributed by atoms with Crippen molar-refractivity contribution in [2.75, 3.05) is 10.6 Å². The van der Waals surface area contributed by atoms with Crippen LogP contribution in [0.5, 0.6) is 0 Å². The number of amides is 1. The number of nitrogens with zero attached hydrogens (tertiary/aromatic N) is 1. The lowest BCUT2D eigenvalue weighted by Gasteiger charge is -2.12. The van der Waals surface area contributed by atoms with Crippen molar-refractivity contribution in [3.8, 4) is 6.07 Å². The van der Waals surface area contributed by atoms with E-state index in [1.807, 2.05) is 60.7 Å². The van der Waals surface area contributed by atoms with Gasteiger partial charge in [-0.3, -0.25) is 4.79 Å². The Bertz CT molecular complexity index is 896. The lowest BCUT2D eigenvalue weighted by atomic mass is 10.1. The zero-order chi connectivity index (χ0) is 17.5. The van der Waals surface area contributed by atoms with Crippen LogP contribution >= 0.6 is 0 Å². The molecule has 2 N–H and O–H groups in total. The van der Waals surface area contributed by atoms with Crippen LogP contribution in [0, 0.1) is 11.3 Å². The molecule has 0 unspecified atom stereocenters.